The van der Waals surface area contributed by atoms with Crippen LogP contribution in [0.5, 0.6) is 0 Å². The van der Waals surface area contributed by atoms with E-state index in [1.54, 1.807) is 17.2 Å². The summed E-state index contributed by atoms with van der Waals surface area (Å²) in [5.74, 6) is -0.869. The number of hydrogen-bond acceptors (Lipinski definition) is 5. The normalized spacial score (nSPS) is 17.5. The monoisotopic (exact) mass is 488 g/mol. The molecule has 2 N–H and O–H groups in total. The summed E-state index contributed by atoms with van der Waals surface area (Å²) < 4.78 is 0. The van der Waals surface area contributed by atoms with Crippen molar-refractivity contribution in [2.24, 2.45) is 0 Å². The summed E-state index contributed by atoms with van der Waals surface area (Å²) in [4.78, 5) is 42.8. The highest BCUT2D eigenvalue weighted by Gasteiger charge is 2.39. The lowest BCUT2D eigenvalue weighted by molar-refractivity contribution is -0.136. The van der Waals surface area contributed by atoms with E-state index >= 15 is 0 Å². The molecular weight excluding hydrogens is 464 g/mol. The van der Waals surface area contributed by atoms with Gasteiger partial charge in [-0.15, -0.1) is 0 Å². The Morgan fingerprint density at radius 2 is 1.94 bits per heavy atom. The van der Waals surface area contributed by atoms with Crippen molar-refractivity contribution in [1.82, 2.24) is 20.5 Å². The molecule has 5 rings (SSSR count). The number of fused-ring (bicyclic) bond motifs is 1. The molecule has 0 aliphatic carbocycles. The zero-order chi connectivity index (χ0) is 24.4. The van der Waals surface area contributed by atoms with E-state index in [1.807, 2.05) is 48.5 Å². The van der Waals surface area contributed by atoms with E-state index < -0.39 is 11.9 Å². The van der Waals surface area contributed by atoms with Gasteiger partial charge in [0.15, 0.2) is 0 Å². The molecular formula is C27H25ClN4O3. The van der Waals surface area contributed by atoms with Gasteiger partial charge in [0.2, 0.25) is 11.8 Å². The molecule has 8 heteroatoms. The number of carbonyl (C=O) groups excluding carboxylic acids is 3. The molecule has 1 unspecified atom stereocenters. The SMILES string of the molecule is O=C1CCC(N2Cc3cc(-c4cc(CNCCc5ccccc5Cl)ccn4)ccc3C2=O)C(=O)N1. The van der Waals surface area contributed by atoms with Crippen LogP contribution >= 0.6 is 11.6 Å². The number of aromatic nitrogens is 1. The predicted octanol–water partition coefficient (Wildman–Crippen LogP) is 3.50. The average Bonchev–Trinajstić information content (AvgIpc) is 3.18. The van der Waals surface area contributed by atoms with Crippen LogP contribution < -0.4 is 10.6 Å². The lowest BCUT2D eigenvalue weighted by Crippen LogP contribution is -2.52. The number of rotatable bonds is 7. The number of nitrogens with zero attached hydrogens (tertiary/aromatic N) is 2. The van der Waals surface area contributed by atoms with Crippen LogP contribution in [0.3, 0.4) is 0 Å². The van der Waals surface area contributed by atoms with Gasteiger partial charge in [-0.2, -0.15) is 0 Å². The minimum absolute atomic E-state index is 0.175. The molecule has 1 atom stereocenters. The highest BCUT2D eigenvalue weighted by atomic mass is 35.5. The predicted molar refractivity (Wildman–Crippen MR) is 133 cm³/mol. The minimum Gasteiger partial charge on any atom is -0.322 e. The van der Waals surface area contributed by atoms with Crippen molar-refractivity contribution >= 4 is 29.3 Å². The van der Waals surface area contributed by atoms with Gasteiger partial charge in [0, 0.05) is 41.9 Å². The van der Waals surface area contributed by atoms with Gasteiger partial charge >= 0.3 is 0 Å². The van der Waals surface area contributed by atoms with Gasteiger partial charge in [0.05, 0.1) is 5.69 Å². The Morgan fingerprint density at radius 1 is 1.09 bits per heavy atom. The highest BCUT2D eigenvalue weighted by Crippen LogP contribution is 2.31. The van der Waals surface area contributed by atoms with E-state index in [0.29, 0.717) is 25.1 Å². The Labute approximate surface area is 208 Å². The number of imide groups is 1. The first-order chi connectivity index (χ1) is 17.0. The van der Waals surface area contributed by atoms with Crippen molar-refractivity contribution in [2.45, 2.75) is 38.4 Å². The molecule has 1 saturated heterocycles. The summed E-state index contributed by atoms with van der Waals surface area (Å²) in [6.07, 6.45) is 3.23. The van der Waals surface area contributed by atoms with Gasteiger partial charge in [0.1, 0.15) is 6.04 Å². The molecule has 2 aliphatic rings. The number of pyridine rings is 1. The van der Waals surface area contributed by atoms with Gasteiger partial charge in [-0.25, -0.2) is 0 Å². The molecule has 7 nitrogen and oxygen atoms in total. The number of nitrogens with one attached hydrogen (secondary N) is 2. The zero-order valence-electron chi connectivity index (χ0n) is 19.1. The molecule has 3 aromatic rings. The van der Waals surface area contributed by atoms with Crippen LogP contribution in [0.2, 0.25) is 5.02 Å². The van der Waals surface area contributed by atoms with Crippen LogP contribution in [0.15, 0.2) is 60.8 Å². The number of carbonyl (C=O) groups is 3. The van der Waals surface area contributed by atoms with E-state index in [4.69, 9.17) is 11.6 Å². The van der Waals surface area contributed by atoms with E-state index in [-0.39, 0.29) is 18.2 Å². The van der Waals surface area contributed by atoms with E-state index in [2.05, 4.69) is 15.6 Å². The van der Waals surface area contributed by atoms with Crippen LogP contribution in [0.25, 0.3) is 11.3 Å². The topological polar surface area (TPSA) is 91.4 Å². The summed E-state index contributed by atoms with van der Waals surface area (Å²) in [5.41, 5.74) is 5.43. The van der Waals surface area contributed by atoms with Crippen molar-refractivity contribution in [3.05, 3.63) is 88.1 Å². The molecule has 0 radical (unpaired) electrons. The van der Waals surface area contributed by atoms with Crippen molar-refractivity contribution in [3.8, 4) is 11.3 Å². The van der Waals surface area contributed by atoms with Crippen molar-refractivity contribution in [3.63, 3.8) is 0 Å². The molecule has 0 bridgehead atoms. The van der Waals surface area contributed by atoms with Gasteiger partial charge in [-0.1, -0.05) is 35.9 Å². The third-order valence-electron chi connectivity index (χ3n) is 6.50. The first kappa shape index (κ1) is 23.2. The molecule has 1 fully saturated rings. The van der Waals surface area contributed by atoms with Gasteiger partial charge < -0.3 is 10.2 Å². The fourth-order valence-corrected chi connectivity index (χ4v) is 4.86. The Bertz CT molecular complexity index is 1310. The minimum atomic E-state index is -0.616. The molecule has 178 valence electrons. The molecule has 2 aromatic carbocycles. The van der Waals surface area contributed by atoms with Crippen LogP contribution in [-0.2, 0) is 29.1 Å². The number of amides is 3. The zero-order valence-corrected chi connectivity index (χ0v) is 19.8. The van der Waals surface area contributed by atoms with Crippen LogP contribution in [0.4, 0.5) is 0 Å². The molecule has 3 heterocycles. The van der Waals surface area contributed by atoms with Crippen LogP contribution in [-0.4, -0.2) is 40.2 Å². The third-order valence-corrected chi connectivity index (χ3v) is 6.87. The Kier molecular flexibility index (Phi) is 6.61. The number of hydrogen-bond donors (Lipinski definition) is 2. The quantitative estimate of drug-likeness (QED) is 0.392. The Morgan fingerprint density at radius 3 is 2.77 bits per heavy atom. The standard InChI is InChI=1S/C27H25ClN4O3/c28-22-4-2-1-3-18(22)10-11-29-15-17-9-12-30-23(13-17)19-5-6-21-20(14-19)16-32(27(21)35)24-7-8-25(33)31-26(24)34/h1-6,9,12-14,24,29H,7-8,10-11,15-16H2,(H,31,33,34). The Balaban J connectivity index is 1.24. The summed E-state index contributed by atoms with van der Waals surface area (Å²) in [7, 11) is 0. The maximum atomic E-state index is 12.9. The summed E-state index contributed by atoms with van der Waals surface area (Å²) in [5, 5.41) is 6.57. The van der Waals surface area contributed by atoms with Crippen LogP contribution in [0.1, 0.15) is 39.9 Å². The Hall–Kier alpha value is -3.55. The lowest BCUT2D eigenvalue weighted by atomic mass is 10.0. The lowest BCUT2D eigenvalue weighted by Gasteiger charge is -2.29. The van der Waals surface area contributed by atoms with E-state index in [1.165, 1.54) is 0 Å². The van der Waals surface area contributed by atoms with Crippen molar-refractivity contribution < 1.29 is 14.4 Å². The summed E-state index contributed by atoms with van der Waals surface area (Å²) in [6.45, 7) is 1.85. The number of benzene rings is 2. The maximum Gasteiger partial charge on any atom is 0.255 e. The maximum absolute atomic E-state index is 12.9. The number of piperidine rings is 1. The second-order valence-electron chi connectivity index (χ2n) is 8.84. The van der Waals surface area contributed by atoms with Crippen LogP contribution in [0, 0.1) is 0 Å². The van der Waals surface area contributed by atoms with Gasteiger partial charge in [-0.05, 0) is 66.4 Å². The summed E-state index contributed by atoms with van der Waals surface area (Å²) >= 11 is 6.23. The summed E-state index contributed by atoms with van der Waals surface area (Å²) in [6, 6.07) is 16.9. The molecule has 1 aromatic heterocycles. The van der Waals surface area contributed by atoms with Gasteiger partial charge in [0.25, 0.3) is 5.91 Å². The first-order valence-corrected chi connectivity index (χ1v) is 12.0. The molecule has 0 saturated carbocycles. The smallest absolute Gasteiger partial charge is 0.255 e. The molecule has 3 amide bonds. The van der Waals surface area contributed by atoms with Gasteiger partial charge in [-0.3, -0.25) is 24.7 Å². The fourth-order valence-electron chi connectivity index (χ4n) is 4.63. The molecule has 2 aliphatic heterocycles. The largest absolute Gasteiger partial charge is 0.322 e. The second kappa shape index (κ2) is 9.98. The number of halogens is 1. The second-order valence-corrected chi connectivity index (χ2v) is 9.25. The first-order valence-electron chi connectivity index (χ1n) is 11.7. The fraction of sp³-hybridized carbons (Fsp3) is 0.259. The molecule has 0 spiro atoms. The average molecular weight is 489 g/mol. The van der Waals surface area contributed by atoms with E-state index in [9.17, 15) is 14.4 Å². The van der Waals surface area contributed by atoms with Crippen molar-refractivity contribution in [1.29, 1.82) is 0 Å². The highest BCUT2D eigenvalue weighted by molar-refractivity contribution is 6.31. The molecule has 35 heavy (non-hydrogen) atoms. The van der Waals surface area contributed by atoms with E-state index in [0.717, 1.165) is 45.9 Å². The third kappa shape index (κ3) is 4.97. The van der Waals surface area contributed by atoms with Crippen molar-refractivity contribution in [2.75, 3.05) is 6.54 Å².